The normalized spacial score (nSPS) is 30.1. The van der Waals surface area contributed by atoms with Gasteiger partial charge in [-0.3, -0.25) is 9.59 Å². The molecule has 5 atom stereocenters. The summed E-state index contributed by atoms with van der Waals surface area (Å²) in [5.74, 6) is 3.05. The molecule has 3 aliphatic carbocycles. The molecule has 2 saturated carbocycles. The van der Waals surface area contributed by atoms with Crippen molar-refractivity contribution in [3.63, 3.8) is 0 Å². The van der Waals surface area contributed by atoms with Gasteiger partial charge in [-0.05, 0) is 91.2 Å². The third kappa shape index (κ3) is 4.70. The number of ketones is 1. The third-order valence-corrected chi connectivity index (χ3v) is 8.16. The maximum atomic E-state index is 12.5. The molecule has 3 unspecified atom stereocenters. The fraction of sp³-hybridized carbons (Fsp3) is 0.652. The Morgan fingerprint density at radius 3 is 2.80 bits per heavy atom. The second-order valence-corrected chi connectivity index (χ2v) is 9.93. The van der Waals surface area contributed by atoms with Crippen LogP contribution in [0.25, 0.3) is 5.73 Å². The van der Waals surface area contributed by atoms with Crippen molar-refractivity contribution in [2.45, 2.75) is 63.8 Å². The molecule has 1 aromatic carbocycles. The number of fused-ring (bicyclic) bond motifs is 5. The maximum Gasteiger partial charge on any atom is 2.00 e. The van der Waals surface area contributed by atoms with Gasteiger partial charge in [0.25, 0.3) is 5.97 Å². The Kier molecular flexibility index (Phi) is 9.08. The number of carbonyl (C=O) groups excluding carboxylic acids is 2. The number of thioether (sulfide) groups is 1. The quantitative estimate of drug-likeness (QED) is 0.370. The molecule has 0 bridgehead atoms. The first-order valence-corrected chi connectivity index (χ1v) is 11.9. The number of rotatable bonds is 5. The summed E-state index contributed by atoms with van der Waals surface area (Å²) in [6, 6.07) is 5.23. The van der Waals surface area contributed by atoms with E-state index in [9.17, 15) is 9.59 Å². The number of ether oxygens (including phenoxy) is 1. The van der Waals surface area contributed by atoms with Crippen LogP contribution in [-0.2, 0) is 37.1 Å². The van der Waals surface area contributed by atoms with Gasteiger partial charge in [-0.15, -0.1) is 0 Å². The van der Waals surface area contributed by atoms with Gasteiger partial charge >= 0.3 is 21.1 Å². The van der Waals surface area contributed by atoms with Gasteiger partial charge in [0.1, 0.15) is 11.5 Å². The van der Waals surface area contributed by atoms with Crippen LogP contribution in [0.2, 0.25) is 0 Å². The minimum atomic E-state index is -0.816. The summed E-state index contributed by atoms with van der Waals surface area (Å²) in [4.78, 5) is 24.6. The van der Waals surface area contributed by atoms with Crippen LogP contribution in [0.15, 0.2) is 18.2 Å². The standard InChI is InChI=1S/C23H30NO3S.ClH.Pt/c1-23-11-9-17-16-6-4-15(27-22(26)20(24)10-12-28-2)13-14(16)3-5-18(17)19(23)7-8-21(23)25;;/h4,6,13,17-20,24H,3,5,7-12H2,1-2H3;1H;/q-1;;+2/p-1/t17?,18?,19?,20-,23+;;/m1../s1. The van der Waals surface area contributed by atoms with E-state index < -0.39 is 12.0 Å². The molecule has 30 heavy (non-hydrogen) atoms. The molecule has 168 valence electrons. The van der Waals surface area contributed by atoms with Crippen molar-refractivity contribution in [3.8, 4) is 5.75 Å². The Bertz CT molecular complexity index is 792. The summed E-state index contributed by atoms with van der Waals surface area (Å²) in [6.07, 6.45) is 8.51. The Balaban J connectivity index is 0.00000160. The third-order valence-electron chi connectivity index (χ3n) is 7.52. The molecule has 1 aromatic rings. The summed E-state index contributed by atoms with van der Waals surface area (Å²) < 4.78 is 5.49. The molecule has 7 heteroatoms. The number of halogens is 1. The van der Waals surface area contributed by atoms with Gasteiger partial charge in [0, 0.05) is 11.8 Å². The van der Waals surface area contributed by atoms with E-state index in [1.165, 1.54) is 11.1 Å². The number of nitrogens with one attached hydrogen (secondary N) is 1. The summed E-state index contributed by atoms with van der Waals surface area (Å²) in [6.45, 7) is 2.20. The SMILES string of the molecule is CSCC[C@@H]([NH-])C(=O)Oc1ccc2c(c1)CCC1C2CC[C@]2(C)C(=O)CCC12.[Cl-].[Pt+2]. The van der Waals surface area contributed by atoms with Gasteiger partial charge in [0.05, 0.1) is 0 Å². The van der Waals surface area contributed by atoms with Crippen molar-refractivity contribution in [1.82, 2.24) is 0 Å². The Labute approximate surface area is 204 Å². The van der Waals surface area contributed by atoms with Gasteiger partial charge in [-0.1, -0.05) is 19.4 Å². The summed E-state index contributed by atoms with van der Waals surface area (Å²) in [5.41, 5.74) is 10.5. The Morgan fingerprint density at radius 2 is 2.07 bits per heavy atom. The molecule has 0 heterocycles. The van der Waals surface area contributed by atoms with Crippen LogP contribution in [0.4, 0.5) is 0 Å². The van der Waals surface area contributed by atoms with Crippen LogP contribution in [0.5, 0.6) is 5.75 Å². The van der Waals surface area contributed by atoms with Crippen molar-refractivity contribution >= 4 is 23.5 Å². The minimum absolute atomic E-state index is 0. The second kappa shape index (κ2) is 10.5. The van der Waals surface area contributed by atoms with E-state index >= 15 is 0 Å². The molecule has 0 spiro atoms. The number of esters is 1. The van der Waals surface area contributed by atoms with Crippen molar-refractivity contribution in [2.24, 2.45) is 17.3 Å². The van der Waals surface area contributed by atoms with Gasteiger partial charge in [-0.25, -0.2) is 0 Å². The fourth-order valence-corrected chi connectivity index (χ4v) is 6.41. The van der Waals surface area contributed by atoms with Gasteiger partial charge in [0.15, 0.2) is 0 Å². The monoisotopic (exact) mass is 630 g/mol. The van der Waals surface area contributed by atoms with Gasteiger partial charge < -0.3 is 22.9 Å². The molecule has 0 aliphatic heterocycles. The summed E-state index contributed by atoms with van der Waals surface area (Å²) >= 11 is 1.64. The van der Waals surface area contributed by atoms with Crippen LogP contribution in [0.1, 0.15) is 62.5 Å². The zero-order valence-electron chi connectivity index (χ0n) is 17.5. The average Bonchev–Trinajstić information content (AvgIpc) is 3.00. The number of hydrogen-bond donors (Lipinski definition) is 0. The zero-order valence-corrected chi connectivity index (χ0v) is 21.4. The van der Waals surface area contributed by atoms with Crippen LogP contribution in [0.3, 0.4) is 0 Å². The minimum Gasteiger partial charge on any atom is -1.00 e. The zero-order chi connectivity index (χ0) is 19.9. The van der Waals surface area contributed by atoms with E-state index in [1.807, 2.05) is 18.4 Å². The predicted octanol–water partition coefficient (Wildman–Crippen LogP) is 2.19. The fourth-order valence-electron chi connectivity index (χ4n) is 5.93. The number of hydrogen-bond acceptors (Lipinski definition) is 4. The van der Waals surface area contributed by atoms with E-state index in [1.54, 1.807) is 11.8 Å². The molecule has 0 amide bonds. The topological polar surface area (TPSA) is 67.2 Å². The average molecular weight is 631 g/mol. The van der Waals surface area contributed by atoms with Crippen LogP contribution in [-0.4, -0.2) is 29.8 Å². The van der Waals surface area contributed by atoms with Crippen molar-refractivity contribution in [1.29, 1.82) is 0 Å². The van der Waals surface area contributed by atoms with Gasteiger partial charge in [0.2, 0.25) is 0 Å². The van der Waals surface area contributed by atoms with E-state index in [0.717, 1.165) is 44.3 Å². The smallest absolute Gasteiger partial charge is 1.00 e. The van der Waals surface area contributed by atoms with Crippen molar-refractivity contribution in [2.75, 3.05) is 12.0 Å². The first kappa shape index (κ1) is 25.9. The Morgan fingerprint density at radius 1 is 1.30 bits per heavy atom. The largest absolute Gasteiger partial charge is 2.00 e. The first-order chi connectivity index (χ1) is 13.4. The molecule has 3 aliphatic rings. The molecular formula is C23H30ClNO3PtS. The molecule has 2 fully saturated rings. The van der Waals surface area contributed by atoms with E-state index in [4.69, 9.17) is 10.5 Å². The van der Waals surface area contributed by atoms with E-state index in [0.29, 0.717) is 35.7 Å². The van der Waals surface area contributed by atoms with E-state index in [2.05, 4.69) is 13.0 Å². The maximum absolute atomic E-state index is 12.5. The predicted molar refractivity (Wildman–Crippen MR) is 113 cm³/mol. The van der Waals surface area contributed by atoms with Crippen molar-refractivity contribution in [3.05, 3.63) is 35.1 Å². The number of Topliss-reactive ketones (excluding diaryl/α,β-unsaturated/α-hetero) is 1. The van der Waals surface area contributed by atoms with E-state index in [-0.39, 0.29) is 38.9 Å². The summed E-state index contributed by atoms with van der Waals surface area (Å²) in [7, 11) is 0. The second-order valence-electron chi connectivity index (χ2n) is 8.95. The molecule has 4 nitrogen and oxygen atoms in total. The Hall–Kier alpha value is -0.352. The molecule has 0 saturated heterocycles. The van der Waals surface area contributed by atoms with Crippen LogP contribution >= 0.6 is 11.8 Å². The van der Waals surface area contributed by atoms with Crippen LogP contribution < -0.4 is 17.1 Å². The molecule has 0 radical (unpaired) electrons. The molecular weight excluding hydrogens is 601 g/mol. The molecule has 1 N–H and O–H groups in total. The summed E-state index contributed by atoms with van der Waals surface area (Å²) in [5, 5.41) is 0. The first-order valence-electron chi connectivity index (χ1n) is 10.5. The molecule has 4 rings (SSSR count). The molecule has 0 aromatic heterocycles. The number of aryl methyl sites for hydroxylation is 1. The van der Waals surface area contributed by atoms with Crippen molar-refractivity contribution < 1.29 is 47.8 Å². The van der Waals surface area contributed by atoms with Crippen LogP contribution in [0, 0.1) is 17.3 Å². The number of benzene rings is 1. The van der Waals surface area contributed by atoms with Gasteiger partial charge in [-0.2, -0.15) is 11.8 Å². The number of carbonyl (C=O) groups is 2.